The molecule has 0 bridgehead atoms. The number of Topliss-reactive ketones (excluding diaryl/α,β-unsaturated/α-hetero) is 1. The van der Waals surface area contributed by atoms with Crippen molar-refractivity contribution in [1.82, 2.24) is 4.90 Å². The highest BCUT2D eigenvalue weighted by molar-refractivity contribution is 5.98. The van der Waals surface area contributed by atoms with Crippen LogP contribution in [0.15, 0.2) is 18.2 Å². The normalized spacial score (nSPS) is 16.1. The number of amides is 1. The number of likely N-dealkylation sites (tertiary alicyclic amines) is 1. The van der Waals surface area contributed by atoms with E-state index in [9.17, 15) is 9.59 Å². The summed E-state index contributed by atoms with van der Waals surface area (Å²) >= 11 is 0. The van der Waals surface area contributed by atoms with Crippen LogP contribution < -0.4 is 0 Å². The summed E-state index contributed by atoms with van der Waals surface area (Å²) in [4.78, 5) is 25.3. The van der Waals surface area contributed by atoms with Gasteiger partial charge in [0.25, 0.3) is 5.91 Å². The van der Waals surface area contributed by atoms with E-state index in [1.807, 2.05) is 32.0 Å². The van der Waals surface area contributed by atoms with Crippen LogP contribution in [0.2, 0.25) is 0 Å². The Labute approximate surface area is 101 Å². The molecular weight excluding hydrogens is 214 g/mol. The molecule has 1 heterocycles. The van der Waals surface area contributed by atoms with Crippen molar-refractivity contribution in [2.45, 2.75) is 26.7 Å². The van der Waals surface area contributed by atoms with Crippen molar-refractivity contribution in [3.05, 3.63) is 34.9 Å². The van der Waals surface area contributed by atoms with Crippen molar-refractivity contribution >= 4 is 11.7 Å². The SMILES string of the molecule is Cc1cccc(C)c1C(=O)N1CCC(=O)CC1. The number of hydrogen-bond acceptors (Lipinski definition) is 2. The smallest absolute Gasteiger partial charge is 0.254 e. The van der Waals surface area contributed by atoms with Gasteiger partial charge in [-0.3, -0.25) is 9.59 Å². The number of nitrogens with zero attached hydrogens (tertiary/aromatic N) is 1. The van der Waals surface area contributed by atoms with Crippen LogP contribution in [0.25, 0.3) is 0 Å². The zero-order chi connectivity index (χ0) is 12.4. The van der Waals surface area contributed by atoms with E-state index in [1.54, 1.807) is 4.90 Å². The van der Waals surface area contributed by atoms with E-state index < -0.39 is 0 Å². The van der Waals surface area contributed by atoms with Crippen LogP contribution in [0.4, 0.5) is 0 Å². The van der Waals surface area contributed by atoms with Crippen LogP contribution in [0.5, 0.6) is 0 Å². The van der Waals surface area contributed by atoms with Crippen molar-refractivity contribution in [1.29, 1.82) is 0 Å². The molecule has 1 aromatic carbocycles. The van der Waals surface area contributed by atoms with E-state index in [4.69, 9.17) is 0 Å². The molecule has 1 aliphatic rings. The van der Waals surface area contributed by atoms with Gasteiger partial charge in [0.2, 0.25) is 0 Å². The number of carbonyl (C=O) groups is 2. The maximum atomic E-state index is 12.4. The van der Waals surface area contributed by atoms with Crippen LogP contribution in [-0.4, -0.2) is 29.7 Å². The van der Waals surface area contributed by atoms with Gasteiger partial charge in [-0.15, -0.1) is 0 Å². The van der Waals surface area contributed by atoms with Crippen LogP contribution >= 0.6 is 0 Å². The Kier molecular flexibility index (Phi) is 3.27. The highest BCUT2D eigenvalue weighted by Crippen LogP contribution is 2.18. The third-order valence-electron chi connectivity index (χ3n) is 3.30. The first-order valence-electron chi connectivity index (χ1n) is 5.97. The van der Waals surface area contributed by atoms with Gasteiger partial charge in [-0.1, -0.05) is 18.2 Å². The molecule has 0 aromatic heterocycles. The summed E-state index contributed by atoms with van der Waals surface area (Å²) < 4.78 is 0. The lowest BCUT2D eigenvalue weighted by Crippen LogP contribution is -2.39. The summed E-state index contributed by atoms with van der Waals surface area (Å²) in [5.74, 6) is 0.323. The average molecular weight is 231 g/mol. The second kappa shape index (κ2) is 4.70. The molecule has 90 valence electrons. The Bertz CT molecular complexity index is 435. The fraction of sp³-hybridized carbons (Fsp3) is 0.429. The minimum absolute atomic E-state index is 0.0631. The predicted octanol–water partition coefficient (Wildman–Crippen LogP) is 2.11. The first kappa shape index (κ1) is 11.8. The van der Waals surface area contributed by atoms with Crippen LogP contribution in [0, 0.1) is 13.8 Å². The summed E-state index contributed by atoms with van der Waals surface area (Å²) in [5, 5.41) is 0. The van der Waals surface area contributed by atoms with Gasteiger partial charge in [-0.05, 0) is 25.0 Å². The van der Waals surface area contributed by atoms with Gasteiger partial charge in [0.05, 0.1) is 0 Å². The van der Waals surface area contributed by atoms with Crippen molar-refractivity contribution in [3.8, 4) is 0 Å². The summed E-state index contributed by atoms with van der Waals surface area (Å²) in [6.07, 6.45) is 0.993. The fourth-order valence-electron chi connectivity index (χ4n) is 2.27. The standard InChI is InChI=1S/C14H17NO2/c1-10-4-3-5-11(2)13(10)14(17)15-8-6-12(16)7-9-15/h3-5H,6-9H2,1-2H3. The summed E-state index contributed by atoms with van der Waals surface area (Å²) in [7, 11) is 0. The summed E-state index contributed by atoms with van der Waals surface area (Å²) in [6.45, 7) is 5.03. The van der Waals surface area contributed by atoms with Crippen molar-refractivity contribution in [2.75, 3.05) is 13.1 Å². The average Bonchev–Trinajstić information content (AvgIpc) is 2.29. The quantitative estimate of drug-likeness (QED) is 0.742. The number of carbonyl (C=O) groups excluding carboxylic acids is 2. The Balaban J connectivity index is 2.22. The highest BCUT2D eigenvalue weighted by Gasteiger charge is 2.23. The van der Waals surface area contributed by atoms with Crippen LogP contribution in [0.1, 0.15) is 34.3 Å². The Morgan fingerprint density at radius 2 is 1.65 bits per heavy atom. The van der Waals surface area contributed by atoms with Crippen LogP contribution in [-0.2, 0) is 4.79 Å². The molecule has 2 rings (SSSR count). The van der Waals surface area contributed by atoms with E-state index in [2.05, 4.69) is 0 Å². The molecule has 3 nitrogen and oxygen atoms in total. The molecular formula is C14H17NO2. The molecule has 1 amide bonds. The van der Waals surface area contributed by atoms with Gasteiger partial charge < -0.3 is 4.90 Å². The number of piperidine rings is 1. The molecule has 0 atom stereocenters. The largest absolute Gasteiger partial charge is 0.338 e. The van der Waals surface area contributed by atoms with Gasteiger partial charge in [0.15, 0.2) is 0 Å². The molecule has 0 aliphatic carbocycles. The lowest BCUT2D eigenvalue weighted by molar-refractivity contribution is -0.120. The van der Waals surface area contributed by atoms with E-state index in [0.29, 0.717) is 25.9 Å². The Hall–Kier alpha value is -1.64. The van der Waals surface area contributed by atoms with Gasteiger partial charge in [-0.25, -0.2) is 0 Å². The molecule has 1 aromatic rings. The minimum atomic E-state index is 0.0631. The fourth-order valence-corrected chi connectivity index (χ4v) is 2.27. The van der Waals surface area contributed by atoms with E-state index in [-0.39, 0.29) is 11.7 Å². The topological polar surface area (TPSA) is 37.4 Å². The number of rotatable bonds is 1. The van der Waals surface area contributed by atoms with Gasteiger partial charge >= 0.3 is 0 Å². The van der Waals surface area contributed by atoms with E-state index >= 15 is 0 Å². The van der Waals surface area contributed by atoms with Gasteiger partial charge in [0.1, 0.15) is 5.78 Å². The Morgan fingerprint density at radius 1 is 1.12 bits per heavy atom. The van der Waals surface area contributed by atoms with Gasteiger partial charge in [0, 0.05) is 31.5 Å². The highest BCUT2D eigenvalue weighted by atomic mass is 16.2. The zero-order valence-corrected chi connectivity index (χ0v) is 10.3. The molecule has 0 radical (unpaired) electrons. The second-order valence-corrected chi connectivity index (χ2v) is 4.60. The molecule has 0 spiro atoms. The lowest BCUT2D eigenvalue weighted by atomic mass is 10.0. The molecule has 3 heteroatoms. The molecule has 0 N–H and O–H groups in total. The third kappa shape index (κ3) is 2.38. The lowest BCUT2D eigenvalue weighted by Gasteiger charge is -2.27. The number of benzene rings is 1. The minimum Gasteiger partial charge on any atom is -0.338 e. The maximum Gasteiger partial charge on any atom is 0.254 e. The first-order valence-corrected chi connectivity index (χ1v) is 5.97. The number of hydrogen-bond donors (Lipinski definition) is 0. The van der Waals surface area contributed by atoms with E-state index in [0.717, 1.165) is 16.7 Å². The third-order valence-corrected chi connectivity index (χ3v) is 3.30. The van der Waals surface area contributed by atoms with Crippen LogP contribution in [0.3, 0.4) is 0 Å². The summed E-state index contributed by atoms with van der Waals surface area (Å²) in [5.41, 5.74) is 2.81. The first-order chi connectivity index (χ1) is 8.09. The zero-order valence-electron chi connectivity index (χ0n) is 10.3. The van der Waals surface area contributed by atoms with Crippen molar-refractivity contribution < 1.29 is 9.59 Å². The number of ketones is 1. The summed E-state index contributed by atoms with van der Waals surface area (Å²) in [6, 6.07) is 5.87. The predicted molar refractivity (Wildman–Crippen MR) is 66.1 cm³/mol. The second-order valence-electron chi connectivity index (χ2n) is 4.60. The molecule has 0 saturated carbocycles. The monoisotopic (exact) mass is 231 g/mol. The van der Waals surface area contributed by atoms with Gasteiger partial charge in [-0.2, -0.15) is 0 Å². The molecule has 1 fully saturated rings. The van der Waals surface area contributed by atoms with Crippen molar-refractivity contribution in [3.63, 3.8) is 0 Å². The van der Waals surface area contributed by atoms with E-state index in [1.165, 1.54) is 0 Å². The molecule has 17 heavy (non-hydrogen) atoms. The number of aryl methyl sites for hydroxylation is 2. The molecule has 1 aliphatic heterocycles. The molecule has 1 saturated heterocycles. The van der Waals surface area contributed by atoms with Crippen molar-refractivity contribution in [2.24, 2.45) is 0 Å². The maximum absolute atomic E-state index is 12.4. The molecule has 0 unspecified atom stereocenters. The Morgan fingerprint density at radius 3 is 2.18 bits per heavy atom.